The van der Waals surface area contributed by atoms with Gasteiger partial charge in [-0.2, -0.15) is 0 Å². The van der Waals surface area contributed by atoms with Crippen molar-refractivity contribution in [2.75, 3.05) is 6.61 Å². The zero-order valence-corrected chi connectivity index (χ0v) is 15.6. The SMILES string of the molecule is OC[C@H]1O[C@@H](Oc2cc(O)c3c(c2)O[C@@H](c2ccc(O)c(O)c2)[C@@H](O)C3)[C@H](O)[C@H]1O. The van der Waals surface area contributed by atoms with Crippen LogP contribution >= 0.6 is 0 Å². The summed E-state index contributed by atoms with van der Waals surface area (Å²) in [5.41, 5.74) is 0.757. The molecule has 162 valence electrons. The predicted octanol–water partition coefficient (Wildman–Crippen LogP) is -0.342. The summed E-state index contributed by atoms with van der Waals surface area (Å²) in [6.07, 6.45) is -6.86. The van der Waals surface area contributed by atoms with Gasteiger partial charge in [0, 0.05) is 24.1 Å². The first-order chi connectivity index (χ1) is 14.3. The van der Waals surface area contributed by atoms with Crippen LogP contribution in [0.3, 0.4) is 0 Å². The van der Waals surface area contributed by atoms with E-state index in [1.165, 1.54) is 30.3 Å². The largest absolute Gasteiger partial charge is 0.507 e. The maximum Gasteiger partial charge on any atom is 0.229 e. The van der Waals surface area contributed by atoms with E-state index in [1.54, 1.807) is 0 Å². The van der Waals surface area contributed by atoms with Crippen LogP contribution in [0, 0.1) is 0 Å². The van der Waals surface area contributed by atoms with Crippen LogP contribution in [-0.4, -0.2) is 73.1 Å². The van der Waals surface area contributed by atoms with Gasteiger partial charge in [-0.05, 0) is 17.7 Å². The first-order valence-electron chi connectivity index (χ1n) is 9.30. The Hall–Kier alpha value is -2.76. The molecule has 30 heavy (non-hydrogen) atoms. The summed E-state index contributed by atoms with van der Waals surface area (Å²) in [5, 5.41) is 69.0. The molecule has 2 aromatic carbocycles. The number of ether oxygens (including phenoxy) is 3. The van der Waals surface area contributed by atoms with E-state index < -0.39 is 43.4 Å². The molecule has 10 heteroatoms. The van der Waals surface area contributed by atoms with Crippen LogP contribution in [-0.2, 0) is 11.2 Å². The number of phenols is 3. The average Bonchev–Trinajstić information content (AvgIpc) is 2.98. The van der Waals surface area contributed by atoms with Gasteiger partial charge in [0.15, 0.2) is 11.5 Å². The number of hydrogen-bond donors (Lipinski definition) is 7. The molecule has 2 aromatic rings. The lowest BCUT2D eigenvalue weighted by atomic mass is 9.94. The summed E-state index contributed by atoms with van der Waals surface area (Å²) in [4.78, 5) is 0. The molecule has 0 radical (unpaired) electrons. The standard InChI is InChI=1S/C20H22O10/c21-7-16-17(26)18(27)20(30-16)28-9-4-12(23)10-6-14(25)19(29-15(10)5-9)8-1-2-11(22)13(24)3-8/h1-5,14,16-27H,6-7H2/t14-,16+,17-,18+,19-,20+/m0/s1. The van der Waals surface area contributed by atoms with Crippen molar-refractivity contribution in [3.05, 3.63) is 41.5 Å². The molecule has 0 saturated carbocycles. The number of rotatable bonds is 4. The highest BCUT2D eigenvalue weighted by atomic mass is 16.7. The van der Waals surface area contributed by atoms with Gasteiger partial charge >= 0.3 is 0 Å². The monoisotopic (exact) mass is 422 g/mol. The lowest BCUT2D eigenvalue weighted by Gasteiger charge is -2.32. The van der Waals surface area contributed by atoms with Crippen molar-refractivity contribution in [1.82, 2.24) is 0 Å². The van der Waals surface area contributed by atoms with Crippen molar-refractivity contribution in [2.45, 2.75) is 43.2 Å². The number of aliphatic hydroxyl groups is 4. The number of phenolic OH excluding ortho intramolecular Hbond substituents is 3. The second kappa shape index (κ2) is 7.82. The molecule has 0 bridgehead atoms. The Morgan fingerprint density at radius 2 is 1.70 bits per heavy atom. The van der Waals surface area contributed by atoms with Crippen molar-refractivity contribution in [1.29, 1.82) is 0 Å². The minimum atomic E-state index is -1.41. The number of aliphatic hydroxyl groups excluding tert-OH is 4. The van der Waals surface area contributed by atoms with Gasteiger partial charge in [0.25, 0.3) is 0 Å². The fourth-order valence-corrected chi connectivity index (χ4v) is 3.62. The molecule has 10 nitrogen and oxygen atoms in total. The number of fused-ring (bicyclic) bond motifs is 1. The Bertz CT molecular complexity index is 932. The molecule has 7 N–H and O–H groups in total. The van der Waals surface area contributed by atoms with Gasteiger partial charge in [-0.3, -0.25) is 0 Å². The topological polar surface area (TPSA) is 169 Å². The minimum absolute atomic E-state index is 0.0571. The highest BCUT2D eigenvalue weighted by Gasteiger charge is 2.44. The van der Waals surface area contributed by atoms with Gasteiger partial charge in [-0.15, -0.1) is 0 Å². The highest BCUT2D eigenvalue weighted by Crippen LogP contribution is 2.43. The molecule has 4 rings (SSSR count). The van der Waals surface area contributed by atoms with Gasteiger partial charge in [-0.1, -0.05) is 6.07 Å². The Labute approximate surface area is 170 Å². The van der Waals surface area contributed by atoms with E-state index in [0.717, 1.165) is 0 Å². The van der Waals surface area contributed by atoms with Crippen molar-refractivity contribution in [3.8, 4) is 28.7 Å². The third-order valence-corrected chi connectivity index (χ3v) is 5.25. The maximum absolute atomic E-state index is 10.5. The molecule has 2 aliphatic rings. The van der Waals surface area contributed by atoms with Gasteiger partial charge in [0.05, 0.1) is 12.7 Å². The summed E-state index contributed by atoms with van der Waals surface area (Å²) in [6, 6.07) is 6.73. The zero-order chi connectivity index (χ0) is 21.6. The van der Waals surface area contributed by atoms with Gasteiger partial charge in [0.2, 0.25) is 6.29 Å². The van der Waals surface area contributed by atoms with E-state index in [2.05, 4.69) is 0 Å². The molecule has 6 atom stereocenters. The van der Waals surface area contributed by atoms with Crippen molar-refractivity contribution < 1.29 is 50.0 Å². The van der Waals surface area contributed by atoms with E-state index in [9.17, 15) is 35.7 Å². The Kier molecular flexibility index (Phi) is 5.35. The van der Waals surface area contributed by atoms with Crippen LogP contribution < -0.4 is 9.47 Å². The average molecular weight is 422 g/mol. The fourth-order valence-electron chi connectivity index (χ4n) is 3.62. The van der Waals surface area contributed by atoms with Crippen LogP contribution in [0.5, 0.6) is 28.7 Å². The Morgan fingerprint density at radius 1 is 0.933 bits per heavy atom. The van der Waals surface area contributed by atoms with Crippen LogP contribution in [0.15, 0.2) is 30.3 Å². The lowest BCUT2D eigenvalue weighted by molar-refractivity contribution is -0.116. The molecular weight excluding hydrogens is 400 g/mol. The van der Waals surface area contributed by atoms with Crippen LogP contribution in [0.4, 0.5) is 0 Å². The molecule has 2 heterocycles. The molecule has 1 saturated heterocycles. The summed E-state index contributed by atoms with van der Waals surface area (Å²) >= 11 is 0. The third-order valence-electron chi connectivity index (χ3n) is 5.25. The van der Waals surface area contributed by atoms with Crippen LogP contribution in [0.1, 0.15) is 17.2 Å². The van der Waals surface area contributed by atoms with Crippen molar-refractivity contribution in [2.24, 2.45) is 0 Å². The van der Waals surface area contributed by atoms with E-state index in [4.69, 9.17) is 14.2 Å². The Morgan fingerprint density at radius 3 is 2.37 bits per heavy atom. The molecule has 1 fully saturated rings. The smallest absolute Gasteiger partial charge is 0.229 e. The zero-order valence-electron chi connectivity index (χ0n) is 15.6. The molecule has 0 amide bonds. The highest BCUT2D eigenvalue weighted by molar-refractivity contribution is 5.52. The van der Waals surface area contributed by atoms with E-state index in [0.29, 0.717) is 11.1 Å². The molecule has 0 aliphatic carbocycles. The summed E-state index contributed by atoms with van der Waals surface area (Å²) < 4.78 is 16.6. The maximum atomic E-state index is 10.5. The molecule has 0 unspecified atom stereocenters. The normalized spacial score (nSPS) is 30.5. The quantitative estimate of drug-likeness (QED) is 0.324. The first-order valence-corrected chi connectivity index (χ1v) is 9.30. The second-order valence-electron chi connectivity index (χ2n) is 7.30. The predicted molar refractivity (Wildman–Crippen MR) is 99.3 cm³/mol. The van der Waals surface area contributed by atoms with E-state index in [1.807, 2.05) is 0 Å². The van der Waals surface area contributed by atoms with Crippen LogP contribution in [0.25, 0.3) is 0 Å². The van der Waals surface area contributed by atoms with Crippen molar-refractivity contribution in [3.63, 3.8) is 0 Å². The summed E-state index contributed by atoms with van der Waals surface area (Å²) in [7, 11) is 0. The van der Waals surface area contributed by atoms with Crippen LogP contribution in [0.2, 0.25) is 0 Å². The number of benzene rings is 2. The van der Waals surface area contributed by atoms with Gasteiger partial charge in [-0.25, -0.2) is 0 Å². The summed E-state index contributed by atoms with van der Waals surface area (Å²) in [5.74, 6) is -0.598. The van der Waals surface area contributed by atoms with Crippen molar-refractivity contribution >= 4 is 0 Å². The number of hydrogen-bond acceptors (Lipinski definition) is 10. The fraction of sp³-hybridized carbons (Fsp3) is 0.400. The molecular formula is C20H22O10. The van der Waals surface area contributed by atoms with Gasteiger partial charge < -0.3 is 50.0 Å². The Balaban J connectivity index is 1.59. The second-order valence-corrected chi connectivity index (χ2v) is 7.30. The summed E-state index contributed by atoms with van der Waals surface area (Å²) in [6.45, 7) is -0.504. The molecule has 2 aliphatic heterocycles. The minimum Gasteiger partial charge on any atom is -0.507 e. The third kappa shape index (κ3) is 3.59. The van der Waals surface area contributed by atoms with Gasteiger partial charge in [0.1, 0.15) is 41.7 Å². The number of aromatic hydroxyl groups is 3. The molecule has 0 spiro atoms. The lowest BCUT2D eigenvalue weighted by Crippen LogP contribution is -2.35. The van der Waals surface area contributed by atoms with E-state index >= 15 is 0 Å². The van der Waals surface area contributed by atoms with E-state index in [-0.39, 0.29) is 35.2 Å². The first kappa shape index (κ1) is 20.5. The molecule has 0 aromatic heterocycles.